The van der Waals surface area contributed by atoms with Gasteiger partial charge >= 0.3 is 5.97 Å². The molecule has 1 aliphatic carbocycles. The molecule has 0 spiro atoms. The minimum absolute atomic E-state index is 0.0195. The van der Waals surface area contributed by atoms with E-state index in [0.717, 1.165) is 6.42 Å². The summed E-state index contributed by atoms with van der Waals surface area (Å²) >= 11 is 0. The van der Waals surface area contributed by atoms with Crippen LogP contribution in [0.2, 0.25) is 0 Å². The highest BCUT2D eigenvalue weighted by atomic mass is 16.5. The lowest BCUT2D eigenvalue weighted by molar-refractivity contribution is -0.151. The summed E-state index contributed by atoms with van der Waals surface area (Å²) < 4.78 is 4.84. The minimum Gasteiger partial charge on any atom is -0.465 e. The van der Waals surface area contributed by atoms with Crippen molar-refractivity contribution in [3.63, 3.8) is 0 Å². The van der Waals surface area contributed by atoms with E-state index in [0.29, 0.717) is 12.3 Å². The molecule has 0 heterocycles. The fraction of sp³-hybridized carbons (Fsp3) is 0.765. The lowest BCUT2D eigenvalue weighted by Gasteiger charge is -2.31. The van der Waals surface area contributed by atoms with Crippen molar-refractivity contribution in [1.82, 2.24) is 0 Å². The monoisotopic (exact) mass is 296 g/mol. The van der Waals surface area contributed by atoms with Crippen molar-refractivity contribution in [3.05, 3.63) is 11.6 Å². The highest BCUT2D eigenvalue weighted by Gasteiger charge is 2.36. The van der Waals surface area contributed by atoms with Gasteiger partial charge in [-0.15, -0.1) is 0 Å². The van der Waals surface area contributed by atoms with E-state index < -0.39 is 18.0 Å². The molecule has 0 saturated carbocycles. The van der Waals surface area contributed by atoms with E-state index in [4.69, 9.17) is 4.74 Å². The first-order valence-electron chi connectivity index (χ1n) is 7.74. The molecule has 0 aromatic rings. The number of ketones is 1. The third-order valence-electron chi connectivity index (χ3n) is 4.86. The molecule has 0 bridgehead atoms. The average Bonchev–Trinajstić information content (AvgIpc) is 2.64. The van der Waals surface area contributed by atoms with Crippen LogP contribution in [0.1, 0.15) is 53.9 Å². The fourth-order valence-corrected chi connectivity index (χ4v) is 2.81. The summed E-state index contributed by atoms with van der Waals surface area (Å²) in [6.45, 7) is 9.97. The maximum atomic E-state index is 12.0. The molecule has 1 aliphatic rings. The zero-order valence-corrected chi connectivity index (χ0v) is 13.8. The number of carbonyl (C=O) groups excluding carboxylic acids is 2. The van der Waals surface area contributed by atoms with Gasteiger partial charge in [-0.05, 0) is 44.9 Å². The molecule has 4 nitrogen and oxygen atoms in total. The second-order valence-corrected chi connectivity index (χ2v) is 6.58. The van der Waals surface area contributed by atoms with Crippen LogP contribution in [0.15, 0.2) is 11.6 Å². The molecule has 0 unspecified atom stereocenters. The lowest BCUT2D eigenvalue weighted by atomic mass is 9.75. The number of allylic oxidation sites excluding steroid dienone is 2. The summed E-state index contributed by atoms with van der Waals surface area (Å²) in [5.41, 5.74) is 1.41. The Bertz CT molecular complexity index is 423. The van der Waals surface area contributed by atoms with Crippen LogP contribution in [0.3, 0.4) is 0 Å². The molecule has 4 heteroatoms. The van der Waals surface area contributed by atoms with Crippen LogP contribution in [0.4, 0.5) is 0 Å². The summed E-state index contributed by atoms with van der Waals surface area (Å²) in [4.78, 5) is 23.5. The Morgan fingerprint density at radius 2 is 2.10 bits per heavy atom. The van der Waals surface area contributed by atoms with E-state index >= 15 is 0 Å². The third kappa shape index (κ3) is 4.40. The second kappa shape index (κ2) is 7.21. The molecule has 0 amide bonds. The summed E-state index contributed by atoms with van der Waals surface area (Å²) in [7, 11) is 0. The van der Waals surface area contributed by atoms with Gasteiger partial charge in [-0.3, -0.25) is 9.59 Å². The van der Waals surface area contributed by atoms with Crippen molar-refractivity contribution in [1.29, 1.82) is 0 Å². The SMILES string of the molecule is CCOC(=O)[C@@H](C)C(=O)C[C@H](O)C[C@@H]1CC=C(C)C1(C)C. The number of Topliss-reactive ketones (excluding diaryl/α,β-unsaturated/α-hetero) is 1. The molecular formula is C17H28O4. The Morgan fingerprint density at radius 3 is 2.57 bits per heavy atom. The zero-order valence-electron chi connectivity index (χ0n) is 13.8. The van der Waals surface area contributed by atoms with E-state index in [-0.39, 0.29) is 24.2 Å². The van der Waals surface area contributed by atoms with Crippen molar-refractivity contribution in [3.8, 4) is 0 Å². The maximum absolute atomic E-state index is 12.0. The van der Waals surface area contributed by atoms with E-state index in [1.807, 2.05) is 0 Å². The topological polar surface area (TPSA) is 63.6 Å². The Balaban J connectivity index is 2.49. The molecule has 1 N–H and O–H groups in total. The van der Waals surface area contributed by atoms with E-state index in [1.165, 1.54) is 12.5 Å². The first-order chi connectivity index (χ1) is 9.70. The molecule has 3 atom stereocenters. The summed E-state index contributed by atoms with van der Waals surface area (Å²) in [6.07, 6.45) is 3.06. The smallest absolute Gasteiger partial charge is 0.316 e. The first-order valence-corrected chi connectivity index (χ1v) is 7.74. The van der Waals surface area contributed by atoms with Gasteiger partial charge in [-0.1, -0.05) is 25.5 Å². The Hall–Kier alpha value is -1.16. The molecule has 0 fully saturated rings. The first kappa shape index (κ1) is 17.9. The van der Waals surface area contributed by atoms with Gasteiger partial charge in [0.25, 0.3) is 0 Å². The van der Waals surface area contributed by atoms with Crippen molar-refractivity contribution in [2.45, 2.75) is 60.0 Å². The molecule has 0 radical (unpaired) electrons. The van der Waals surface area contributed by atoms with Crippen molar-refractivity contribution >= 4 is 11.8 Å². The third-order valence-corrected chi connectivity index (χ3v) is 4.86. The van der Waals surface area contributed by atoms with Crippen molar-refractivity contribution in [2.24, 2.45) is 17.3 Å². The minimum atomic E-state index is -0.795. The van der Waals surface area contributed by atoms with E-state index in [2.05, 4.69) is 26.8 Å². The molecule has 0 aromatic carbocycles. The highest BCUT2D eigenvalue weighted by Crippen LogP contribution is 2.45. The number of hydrogen-bond donors (Lipinski definition) is 1. The van der Waals surface area contributed by atoms with Gasteiger partial charge in [0.05, 0.1) is 12.7 Å². The Labute approximate surface area is 127 Å². The molecule has 0 saturated heterocycles. The van der Waals surface area contributed by atoms with Crippen LogP contribution < -0.4 is 0 Å². The van der Waals surface area contributed by atoms with Crippen LogP contribution in [0, 0.1) is 17.3 Å². The molecule has 0 aromatic heterocycles. The van der Waals surface area contributed by atoms with E-state index in [9.17, 15) is 14.7 Å². The molecule has 120 valence electrons. The molecule has 1 rings (SSSR count). The molecule has 0 aliphatic heterocycles. The summed E-state index contributed by atoms with van der Waals surface area (Å²) in [6, 6.07) is 0. The number of esters is 1. The van der Waals surface area contributed by atoms with Gasteiger partial charge in [0, 0.05) is 6.42 Å². The lowest BCUT2D eigenvalue weighted by Crippen LogP contribution is -2.30. The van der Waals surface area contributed by atoms with E-state index in [1.54, 1.807) is 6.92 Å². The largest absolute Gasteiger partial charge is 0.465 e. The molecular weight excluding hydrogens is 268 g/mol. The normalized spacial score (nSPS) is 23.3. The number of carbonyl (C=O) groups is 2. The van der Waals surface area contributed by atoms with Gasteiger partial charge in [-0.2, -0.15) is 0 Å². The number of hydrogen-bond acceptors (Lipinski definition) is 4. The standard InChI is InChI=1S/C17H28O4/c1-6-21-16(20)12(3)15(19)10-14(18)9-13-8-7-11(2)17(13,4)5/h7,12-14,18H,6,8-10H2,1-5H3/t12-,13-,14+/m0/s1. The maximum Gasteiger partial charge on any atom is 0.316 e. The quantitative estimate of drug-likeness (QED) is 0.446. The van der Waals surface area contributed by atoms with Gasteiger partial charge in [0.2, 0.25) is 0 Å². The fourth-order valence-electron chi connectivity index (χ4n) is 2.81. The number of aliphatic hydroxyl groups is 1. The Kier molecular flexibility index (Phi) is 6.14. The summed E-state index contributed by atoms with van der Waals surface area (Å²) in [5.74, 6) is -1.20. The summed E-state index contributed by atoms with van der Waals surface area (Å²) in [5, 5.41) is 10.2. The van der Waals surface area contributed by atoms with Crippen LogP contribution in [-0.4, -0.2) is 29.6 Å². The Morgan fingerprint density at radius 1 is 1.48 bits per heavy atom. The van der Waals surface area contributed by atoms with Crippen LogP contribution in [-0.2, 0) is 14.3 Å². The van der Waals surface area contributed by atoms with Crippen LogP contribution in [0.25, 0.3) is 0 Å². The van der Waals surface area contributed by atoms with Gasteiger partial charge in [0.1, 0.15) is 11.7 Å². The van der Waals surface area contributed by atoms with Gasteiger partial charge in [0.15, 0.2) is 0 Å². The van der Waals surface area contributed by atoms with Gasteiger partial charge < -0.3 is 9.84 Å². The number of aliphatic hydroxyl groups excluding tert-OH is 1. The van der Waals surface area contributed by atoms with Crippen LogP contribution in [0.5, 0.6) is 0 Å². The predicted molar refractivity (Wildman–Crippen MR) is 81.7 cm³/mol. The predicted octanol–water partition coefficient (Wildman–Crippen LogP) is 2.89. The van der Waals surface area contributed by atoms with Gasteiger partial charge in [-0.25, -0.2) is 0 Å². The van der Waals surface area contributed by atoms with Crippen molar-refractivity contribution < 1.29 is 19.4 Å². The second-order valence-electron chi connectivity index (χ2n) is 6.58. The zero-order chi connectivity index (χ0) is 16.2. The van der Waals surface area contributed by atoms with Crippen molar-refractivity contribution in [2.75, 3.05) is 6.61 Å². The molecule has 21 heavy (non-hydrogen) atoms. The number of rotatable bonds is 7. The number of ether oxygens (including phenoxy) is 1. The average molecular weight is 296 g/mol. The highest BCUT2D eigenvalue weighted by molar-refractivity contribution is 5.98. The van der Waals surface area contributed by atoms with Crippen LogP contribution >= 0.6 is 0 Å².